The maximum absolute atomic E-state index is 5.87. The number of anilines is 1. The van der Waals surface area contributed by atoms with Gasteiger partial charge in [0.1, 0.15) is 17.2 Å². The molecule has 2 N–H and O–H groups in total. The van der Waals surface area contributed by atoms with Crippen LogP contribution in [0.5, 0.6) is 17.2 Å². The molecule has 0 bridgehead atoms. The first-order valence-electron chi connectivity index (χ1n) is 6.35. The lowest BCUT2D eigenvalue weighted by molar-refractivity contribution is 0.243. The fourth-order valence-corrected chi connectivity index (χ4v) is 1.68. The smallest absolute Gasteiger partial charge is 0.146 e. The van der Waals surface area contributed by atoms with E-state index in [0.717, 1.165) is 5.75 Å². The van der Waals surface area contributed by atoms with Gasteiger partial charge in [-0.3, -0.25) is 0 Å². The van der Waals surface area contributed by atoms with E-state index in [4.69, 9.17) is 15.2 Å². The average Bonchev–Trinajstić information content (AvgIpc) is 2.36. The van der Waals surface area contributed by atoms with Gasteiger partial charge in [-0.15, -0.1) is 0 Å². The molecule has 0 aliphatic heterocycles. The van der Waals surface area contributed by atoms with Gasteiger partial charge in [0.2, 0.25) is 0 Å². The summed E-state index contributed by atoms with van der Waals surface area (Å²) in [5, 5.41) is 0. The van der Waals surface area contributed by atoms with Crippen LogP contribution in [0, 0.1) is 6.92 Å². The summed E-state index contributed by atoms with van der Waals surface area (Å²) in [7, 11) is 0. The highest BCUT2D eigenvalue weighted by molar-refractivity contribution is 5.56. The summed E-state index contributed by atoms with van der Waals surface area (Å²) >= 11 is 0. The predicted octanol–water partition coefficient (Wildman–Crippen LogP) is 4.16. The molecule has 2 aromatic rings. The van der Waals surface area contributed by atoms with Crippen molar-refractivity contribution in [2.24, 2.45) is 0 Å². The van der Waals surface area contributed by atoms with Gasteiger partial charge < -0.3 is 15.2 Å². The molecule has 0 atom stereocenters. The summed E-state index contributed by atoms with van der Waals surface area (Å²) in [6.07, 6.45) is 0.0805. The monoisotopic (exact) mass is 257 g/mol. The molecule has 3 heteroatoms. The maximum Gasteiger partial charge on any atom is 0.146 e. The first-order chi connectivity index (χ1) is 9.04. The average molecular weight is 257 g/mol. The van der Waals surface area contributed by atoms with Gasteiger partial charge in [0.05, 0.1) is 11.8 Å². The van der Waals surface area contributed by atoms with Crippen LogP contribution >= 0.6 is 0 Å². The van der Waals surface area contributed by atoms with Crippen molar-refractivity contribution < 1.29 is 9.47 Å². The van der Waals surface area contributed by atoms with E-state index in [0.29, 0.717) is 17.2 Å². The van der Waals surface area contributed by atoms with Crippen LogP contribution in [-0.4, -0.2) is 6.10 Å². The zero-order valence-corrected chi connectivity index (χ0v) is 11.5. The molecule has 0 aromatic heterocycles. The van der Waals surface area contributed by atoms with Crippen LogP contribution in [0.2, 0.25) is 0 Å². The Morgan fingerprint density at radius 2 is 1.58 bits per heavy atom. The quantitative estimate of drug-likeness (QED) is 0.836. The van der Waals surface area contributed by atoms with Gasteiger partial charge in [-0.25, -0.2) is 0 Å². The van der Waals surface area contributed by atoms with Gasteiger partial charge in [-0.05, 0) is 45.0 Å². The SMILES string of the molecule is Cc1ccc(Oc2ccc(N)c(OC(C)C)c2)cc1. The third-order valence-corrected chi connectivity index (χ3v) is 2.60. The van der Waals surface area contributed by atoms with Crippen LogP contribution in [0.3, 0.4) is 0 Å². The molecule has 3 nitrogen and oxygen atoms in total. The zero-order chi connectivity index (χ0) is 13.8. The Bertz CT molecular complexity index is 547. The van der Waals surface area contributed by atoms with Gasteiger partial charge in [0, 0.05) is 6.07 Å². The van der Waals surface area contributed by atoms with E-state index >= 15 is 0 Å². The van der Waals surface area contributed by atoms with E-state index < -0.39 is 0 Å². The second kappa shape index (κ2) is 5.65. The fraction of sp³-hybridized carbons (Fsp3) is 0.250. The van der Waals surface area contributed by atoms with Crippen molar-refractivity contribution in [2.45, 2.75) is 26.9 Å². The third-order valence-electron chi connectivity index (χ3n) is 2.60. The second-order valence-electron chi connectivity index (χ2n) is 4.78. The van der Waals surface area contributed by atoms with E-state index in [1.54, 1.807) is 6.07 Å². The molecule has 0 fully saturated rings. The standard InChI is InChI=1S/C16H19NO2/c1-11(2)18-16-10-14(8-9-15(16)17)19-13-6-4-12(3)5-7-13/h4-11H,17H2,1-3H3. The van der Waals surface area contributed by atoms with Crippen molar-refractivity contribution in [1.29, 1.82) is 0 Å². The summed E-state index contributed by atoms with van der Waals surface area (Å²) in [6.45, 7) is 5.97. The first-order valence-corrected chi connectivity index (χ1v) is 6.35. The zero-order valence-electron chi connectivity index (χ0n) is 11.5. The van der Waals surface area contributed by atoms with Crippen molar-refractivity contribution >= 4 is 5.69 Å². The maximum atomic E-state index is 5.87. The number of rotatable bonds is 4. The van der Waals surface area contributed by atoms with Gasteiger partial charge in [-0.1, -0.05) is 17.7 Å². The number of hydrogen-bond donors (Lipinski definition) is 1. The van der Waals surface area contributed by atoms with Crippen LogP contribution in [0.25, 0.3) is 0 Å². The van der Waals surface area contributed by atoms with Crippen LogP contribution in [0.1, 0.15) is 19.4 Å². The van der Waals surface area contributed by atoms with Crippen molar-refractivity contribution in [3.05, 3.63) is 48.0 Å². The minimum absolute atomic E-state index is 0.0805. The first kappa shape index (κ1) is 13.3. The molecule has 0 amide bonds. The Balaban J connectivity index is 2.18. The Hall–Kier alpha value is -2.16. The van der Waals surface area contributed by atoms with E-state index in [-0.39, 0.29) is 6.10 Å². The molecule has 0 heterocycles. The molecule has 0 radical (unpaired) electrons. The van der Waals surface area contributed by atoms with E-state index in [1.165, 1.54) is 5.56 Å². The number of aryl methyl sites for hydroxylation is 1. The van der Waals surface area contributed by atoms with Gasteiger partial charge in [0.15, 0.2) is 0 Å². The van der Waals surface area contributed by atoms with Gasteiger partial charge in [0.25, 0.3) is 0 Å². The molecule has 0 spiro atoms. The lowest BCUT2D eigenvalue weighted by atomic mass is 10.2. The number of benzene rings is 2. The normalized spacial score (nSPS) is 10.5. The number of nitrogens with two attached hydrogens (primary N) is 1. The second-order valence-corrected chi connectivity index (χ2v) is 4.78. The highest BCUT2D eigenvalue weighted by atomic mass is 16.5. The Morgan fingerprint density at radius 3 is 2.21 bits per heavy atom. The molecule has 0 saturated heterocycles. The summed E-state index contributed by atoms with van der Waals surface area (Å²) in [4.78, 5) is 0. The largest absolute Gasteiger partial charge is 0.489 e. The number of hydrogen-bond acceptors (Lipinski definition) is 3. The summed E-state index contributed by atoms with van der Waals surface area (Å²) in [5.74, 6) is 2.17. The van der Waals surface area contributed by atoms with Crippen LogP contribution in [0.15, 0.2) is 42.5 Å². The fourth-order valence-electron chi connectivity index (χ4n) is 1.68. The lowest BCUT2D eigenvalue weighted by Crippen LogP contribution is -2.07. The van der Waals surface area contributed by atoms with Crippen molar-refractivity contribution in [1.82, 2.24) is 0 Å². The molecule has 0 aliphatic carbocycles. The molecule has 0 saturated carbocycles. The van der Waals surface area contributed by atoms with Crippen molar-refractivity contribution in [3.8, 4) is 17.2 Å². The van der Waals surface area contributed by atoms with Gasteiger partial charge in [-0.2, -0.15) is 0 Å². The highest BCUT2D eigenvalue weighted by Crippen LogP contribution is 2.30. The van der Waals surface area contributed by atoms with E-state index in [2.05, 4.69) is 0 Å². The summed E-state index contributed by atoms with van der Waals surface area (Å²) in [5.41, 5.74) is 7.69. The lowest BCUT2D eigenvalue weighted by Gasteiger charge is -2.14. The summed E-state index contributed by atoms with van der Waals surface area (Å²) < 4.78 is 11.4. The van der Waals surface area contributed by atoms with Crippen molar-refractivity contribution in [2.75, 3.05) is 5.73 Å². The summed E-state index contributed by atoms with van der Waals surface area (Å²) in [6, 6.07) is 13.3. The highest BCUT2D eigenvalue weighted by Gasteiger charge is 2.06. The molecule has 100 valence electrons. The van der Waals surface area contributed by atoms with E-state index in [1.807, 2.05) is 57.2 Å². The molecule has 2 rings (SSSR count). The van der Waals surface area contributed by atoms with Crippen molar-refractivity contribution in [3.63, 3.8) is 0 Å². The Morgan fingerprint density at radius 1 is 0.947 bits per heavy atom. The topological polar surface area (TPSA) is 44.5 Å². The number of nitrogen functional groups attached to an aromatic ring is 1. The van der Waals surface area contributed by atoms with Crippen LogP contribution in [0.4, 0.5) is 5.69 Å². The molecular weight excluding hydrogens is 238 g/mol. The minimum Gasteiger partial charge on any atom is -0.489 e. The Labute approximate surface area is 114 Å². The Kier molecular flexibility index (Phi) is 3.95. The van der Waals surface area contributed by atoms with Gasteiger partial charge >= 0.3 is 0 Å². The van der Waals surface area contributed by atoms with Crippen LogP contribution < -0.4 is 15.2 Å². The van der Waals surface area contributed by atoms with E-state index in [9.17, 15) is 0 Å². The predicted molar refractivity (Wildman–Crippen MR) is 77.9 cm³/mol. The molecule has 0 aliphatic rings. The molecular formula is C16H19NO2. The third kappa shape index (κ3) is 3.65. The van der Waals surface area contributed by atoms with Crippen LogP contribution in [-0.2, 0) is 0 Å². The minimum atomic E-state index is 0.0805. The molecule has 2 aromatic carbocycles. The number of ether oxygens (including phenoxy) is 2. The molecule has 19 heavy (non-hydrogen) atoms. The molecule has 0 unspecified atom stereocenters.